The van der Waals surface area contributed by atoms with E-state index in [2.05, 4.69) is 30.2 Å². The van der Waals surface area contributed by atoms with Crippen LogP contribution in [0.1, 0.15) is 17.9 Å². The number of hydrogen-bond acceptors (Lipinski definition) is 6. The SMILES string of the molecule is O=C(Nc1cc(-c2[nH]c3c(OCC(F)(F)F)ncnc3c2-c2ccccn2)ccn1)[C@H](CC(F)F)c1ccc(F)cc1. The highest BCUT2D eigenvalue weighted by molar-refractivity contribution is 6.02. The van der Waals surface area contributed by atoms with Crippen LogP contribution >= 0.6 is 0 Å². The Morgan fingerprint density at radius 2 is 1.76 bits per heavy atom. The Hall–Kier alpha value is -5.01. The average molecular weight is 586 g/mol. The number of ether oxygens (including phenoxy) is 1. The zero-order valence-corrected chi connectivity index (χ0v) is 21.4. The Kier molecular flexibility index (Phi) is 8.04. The van der Waals surface area contributed by atoms with Gasteiger partial charge in [0.25, 0.3) is 0 Å². The van der Waals surface area contributed by atoms with Crippen LogP contribution in [0.15, 0.2) is 73.3 Å². The molecule has 5 aromatic rings. The second kappa shape index (κ2) is 11.8. The second-order valence-corrected chi connectivity index (χ2v) is 9.05. The summed E-state index contributed by atoms with van der Waals surface area (Å²) in [5, 5.41) is 2.53. The van der Waals surface area contributed by atoms with E-state index in [0.717, 1.165) is 18.5 Å². The van der Waals surface area contributed by atoms with Crippen LogP contribution in [0, 0.1) is 5.82 Å². The largest absolute Gasteiger partial charge is 0.466 e. The van der Waals surface area contributed by atoms with Crippen molar-refractivity contribution in [3.63, 3.8) is 0 Å². The summed E-state index contributed by atoms with van der Waals surface area (Å²) in [6, 6.07) is 12.7. The number of anilines is 1. The van der Waals surface area contributed by atoms with Gasteiger partial charge in [-0.2, -0.15) is 18.2 Å². The quantitative estimate of drug-likeness (QED) is 0.190. The number of hydrogen-bond donors (Lipinski definition) is 2. The number of aromatic nitrogens is 5. The van der Waals surface area contributed by atoms with E-state index in [4.69, 9.17) is 4.74 Å². The first-order valence-corrected chi connectivity index (χ1v) is 12.4. The predicted octanol–water partition coefficient (Wildman–Crippen LogP) is 6.54. The van der Waals surface area contributed by atoms with Gasteiger partial charge in [-0.25, -0.2) is 23.1 Å². The van der Waals surface area contributed by atoms with Crippen LogP contribution in [-0.2, 0) is 4.79 Å². The molecule has 0 aliphatic carbocycles. The third-order valence-electron chi connectivity index (χ3n) is 6.15. The summed E-state index contributed by atoms with van der Waals surface area (Å²) in [6.45, 7) is -1.58. The average Bonchev–Trinajstić information content (AvgIpc) is 3.36. The third-order valence-corrected chi connectivity index (χ3v) is 6.15. The molecule has 1 atom stereocenters. The molecule has 8 nitrogen and oxygen atoms in total. The van der Waals surface area contributed by atoms with Crippen molar-refractivity contribution in [3.05, 3.63) is 84.7 Å². The van der Waals surface area contributed by atoms with Crippen LogP contribution in [0.4, 0.5) is 32.2 Å². The fourth-order valence-corrected chi connectivity index (χ4v) is 4.35. The number of alkyl halides is 5. The van der Waals surface area contributed by atoms with Gasteiger partial charge in [-0.3, -0.25) is 9.78 Å². The van der Waals surface area contributed by atoms with Gasteiger partial charge in [0.2, 0.25) is 18.2 Å². The van der Waals surface area contributed by atoms with Crippen LogP contribution < -0.4 is 10.1 Å². The fraction of sp³-hybridized carbons (Fsp3) is 0.179. The van der Waals surface area contributed by atoms with Crippen LogP contribution in [0.3, 0.4) is 0 Å². The molecule has 2 N–H and O–H groups in total. The first-order valence-electron chi connectivity index (χ1n) is 12.4. The molecule has 0 spiro atoms. The van der Waals surface area contributed by atoms with Gasteiger partial charge in [-0.05, 0) is 42.0 Å². The summed E-state index contributed by atoms with van der Waals surface area (Å²) in [5.74, 6) is -3.00. The predicted molar refractivity (Wildman–Crippen MR) is 140 cm³/mol. The standard InChI is InChI=1S/C28H20F6N6O2/c29-17-6-4-15(5-7-17)18(12-20(30)31)26(41)39-21-11-16(8-10-36-21)23-22(19-3-1-2-9-35-19)24-25(40-23)27(38-14-37-24)42-13-28(32,33)34/h1-11,14,18,20,40H,12-13H2,(H,36,39,41)/t18-/m1/s1. The van der Waals surface area contributed by atoms with E-state index in [1.807, 2.05) is 0 Å². The van der Waals surface area contributed by atoms with E-state index in [1.54, 1.807) is 24.3 Å². The molecule has 1 aromatic carbocycles. The lowest BCUT2D eigenvalue weighted by Gasteiger charge is -2.17. The van der Waals surface area contributed by atoms with Gasteiger partial charge in [0.15, 0.2) is 6.61 Å². The smallest absolute Gasteiger partial charge is 0.422 e. The van der Waals surface area contributed by atoms with Crippen molar-refractivity contribution < 1.29 is 35.9 Å². The molecule has 0 aliphatic heterocycles. The molecule has 1 amide bonds. The molecule has 0 bridgehead atoms. The minimum atomic E-state index is -4.61. The lowest BCUT2D eigenvalue weighted by molar-refractivity contribution is -0.153. The molecule has 216 valence electrons. The van der Waals surface area contributed by atoms with E-state index >= 15 is 0 Å². The molecule has 14 heteroatoms. The van der Waals surface area contributed by atoms with Crippen molar-refractivity contribution in [2.75, 3.05) is 11.9 Å². The van der Waals surface area contributed by atoms with Gasteiger partial charge in [-0.1, -0.05) is 18.2 Å². The topological polar surface area (TPSA) is 106 Å². The second-order valence-electron chi connectivity index (χ2n) is 9.05. The lowest BCUT2D eigenvalue weighted by Crippen LogP contribution is -2.23. The number of halogens is 6. The molecule has 0 saturated carbocycles. The Morgan fingerprint density at radius 1 is 0.976 bits per heavy atom. The molecule has 4 aromatic heterocycles. The number of carbonyl (C=O) groups is 1. The van der Waals surface area contributed by atoms with E-state index in [-0.39, 0.29) is 28.3 Å². The molecule has 4 heterocycles. The maximum atomic E-state index is 13.4. The third kappa shape index (κ3) is 6.48. The molecule has 0 radical (unpaired) electrons. The number of rotatable bonds is 9. The number of fused-ring (bicyclic) bond motifs is 1. The molecule has 0 aliphatic rings. The first-order chi connectivity index (χ1) is 20.1. The van der Waals surface area contributed by atoms with E-state index < -0.39 is 43.3 Å². The lowest BCUT2D eigenvalue weighted by atomic mass is 9.95. The molecule has 0 fully saturated rings. The molecule has 5 rings (SSSR count). The number of nitrogens with one attached hydrogen (secondary N) is 2. The molecule has 0 unspecified atom stereocenters. The number of nitrogens with zero attached hydrogens (tertiary/aromatic N) is 4. The van der Waals surface area contributed by atoms with Gasteiger partial charge in [0.1, 0.15) is 29.0 Å². The van der Waals surface area contributed by atoms with Crippen molar-refractivity contribution in [1.29, 1.82) is 0 Å². The van der Waals surface area contributed by atoms with Crippen molar-refractivity contribution in [2.45, 2.75) is 24.9 Å². The van der Waals surface area contributed by atoms with E-state index in [1.165, 1.54) is 30.6 Å². The Morgan fingerprint density at radius 3 is 2.45 bits per heavy atom. The zero-order valence-electron chi connectivity index (χ0n) is 21.4. The molecular formula is C28H20F6N6O2. The maximum absolute atomic E-state index is 13.4. The number of amides is 1. The molecular weight excluding hydrogens is 566 g/mol. The van der Waals surface area contributed by atoms with Gasteiger partial charge in [-0.15, -0.1) is 0 Å². The summed E-state index contributed by atoms with van der Waals surface area (Å²) in [6.07, 6.45) is -4.28. The van der Waals surface area contributed by atoms with Crippen LogP contribution in [-0.4, -0.2) is 50.0 Å². The summed E-state index contributed by atoms with van der Waals surface area (Å²) >= 11 is 0. The van der Waals surface area contributed by atoms with Crippen LogP contribution in [0.2, 0.25) is 0 Å². The van der Waals surface area contributed by atoms with Crippen molar-refractivity contribution in [1.82, 2.24) is 24.9 Å². The summed E-state index contributed by atoms with van der Waals surface area (Å²) in [5.41, 5.74) is 2.10. The highest BCUT2D eigenvalue weighted by Gasteiger charge is 2.30. The first kappa shape index (κ1) is 28.5. The number of carbonyl (C=O) groups excluding carboxylic acids is 1. The zero-order chi connectivity index (χ0) is 29.9. The Labute approximate surface area is 233 Å². The Balaban J connectivity index is 1.54. The molecule has 42 heavy (non-hydrogen) atoms. The van der Waals surface area contributed by atoms with Crippen LogP contribution in [0.25, 0.3) is 33.5 Å². The highest BCUT2D eigenvalue weighted by Crippen LogP contribution is 2.39. The normalized spacial score (nSPS) is 12.5. The van der Waals surface area contributed by atoms with E-state index in [9.17, 15) is 31.1 Å². The van der Waals surface area contributed by atoms with E-state index in [0.29, 0.717) is 22.5 Å². The summed E-state index contributed by atoms with van der Waals surface area (Å²) in [7, 11) is 0. The minimum absolute atomic E-state index is 0.00383. The van der Waals surface area contributed by atoms with Crippen molar-refractivity contribution >= 4 is 22.8 Å². The number of aromatic amines is 1. The van der Waals surface area contributed by atoms with Crippen molar-refractivity contribution in [3.8, 4) is 28.4 Å². The number of benzene rings is 1. The summed E-state index contributed by atoms with van der Waals surface area (Å²) < 4.78 is 83.6. The monoisotopic (exact) mass is 586 g/mol. The molecule has 0 saturated heterocycles. The van der Waals surface area contributed by atoms with Gasteiger partial charge < -0.3 is 15.0 Å². The highest BCUT2D eigenvalue weighted by atomic mass is 19.4. The summed E-state index contributed by atoms with van der Waals surface area (Å²) in [4.78, 5) is 32.7. The maximum Gasteiger partial charge on any atom is 0.422 e. The number of H-pyrrole nitrogens is 1. The fourth-order valence-electron chi connectivity index (χ4n) is 4.35. The van der Waals surface area contributed by atoms with Gasteiger partial charge >= 0.3 is 6.18 Å². The minimum Gasteiger partial charge on any atom is -0.466 e. The Bertz CT molecular complexity index is 1690. The van der Waals surface area contributed by atoms with Crippen LogP contribution in [0.5, 0.6) is 5.88 Å². The van der Waals surface area contributed by atoms with Crippen molar-refractivity contribution in [2.24, 2.45) is 0 Å². The van der Waals surface area contributed by atoms with Gasteiger partial charge in [0.05, 0.1) is 22.9 Å². The van der Waals surface area contributed by atoms with Gasteiger partial charge in [0, 0.05) is 24.4 Å². The number of pyridine rings is 2.